The third-order valence-corrected chi connectivity index (χ3v) is 6.58. The van der Waals surface area contributed by atoms with Gasteiger partial charge < -0.3 is 11.1 Å². The average Bonchev–Trinajstić information content (AvgIpc) is 3.06. The highest BCUT2D eigenvalue weighted by Crippen LogP contribution is 2.44. The zero-order valence-corrected chi connectivity index (χ0v) is 20.6. The summed E-state index contributed by atoms with van der Waals surface area (Å²) < 4.78 is 39.3. The van der Waals surface area contributed by atoms with Crippen molar-refractivity contribution >= 4 is 56.7 Å². The van der Waals surface area contributed by atoms with Crippen LogP contribution in [-0.2, 0) is 10.2 Å². The molecule has 182 valence electrons. The molecule has 0 saturated heterocycles. The van der Waals surface area contributed by atoms with E-state index in [1.807, 2.05) is 18.2 Å². The second-order valence-electron chi connectivity index (χ2n) is 8.01. The smallest absolute Gasteiger partial charge is 0.383 e. The lowest BCUT2D eigenvalue weighted by atomic mass is 9.78. The molecule has 0 saturated carbocycles. The Labute approximate surface area is 212 Å². The molecule has 1 unspecified atom stereocenters. The molecule has 3 aromatic rings. The number of hydrogen-bond acceptors (Lipinski definition) is 6. The molecule has 0 radical (unpaired) electrons. The van der Waals surface area contributed by atoms with E-state index in [4.69, 9.17) is 17.3 Å². The Morgan fingerprint density at radius 3 is 2.63 bits per heavy atom. The lowest BCUT2D eigenvalue weighted by Gasteiger charge is -2.23. The van der Waals surface area contributed by atoms with Crippen LogP contribution in [0.5, 0.6) is 0 Å². The van der Waals surface area contributed by atoms with Gasteiger partial charge in [-0.25, -0.2) is 5.43 Å². The molecule has 1 aromatic heterocycles. The number of alkyl halides is 3. The summed E-state index contributed by atoms with van der Waals surface area (Å²) in [6, 6.07) is 13.8. The Morgan fingerprint density at radius 2 is 1.94 bits per heavy atom. The minimum Gasteiger partial charge on any atom is -0.383 e. The number of aromatic nitrogens is 2. The largest absolute Gasteiger partial charge is 0.389 e. The van der Waals surface area contributed by atoms with E-state index in [1.54, 1.807) is 31.2 Å². The number of carbonyl (C=O) groups excluding carboxylic acids is 1. The fraction of sp³-hybridized carbons (Fsp3) is 0.217. The minimum absolute atomic E-state index is 0.0400. The van der Waals surface area contributed by atoms with E-state index < -0.39 is 24.4 Å². The van der Waals surface area contributed by atoms with Crippen LogP contribution in [0.1, 0.15) is 36.5 Å². The van der Waals surface area contributed by atoms with Gasteiger partial charge in [-0.2, -0.15) is 28.2 Å². The minimum atomic E-state index is -4.38. The highest BCUT2D eigenvalue weighted by Gasteiger charge is 2.47. The van der Waals surface area contributed by atoms with Gasteiger partial charge in [0.1, 0.15) is 17.1 Å². The molecule has 2 aromatic carbocycles. The number of anilines is 3. The quantitative estimate of drug-likeness (QED) is 0.254. The van der Waals surface area contributed by atoms with Crippen molar-refractivity contribution in [2.45, 2.75) is 31.4 Å². The van der Waals surface area contributed by atoms with Gasteiger partial charge >= 0.3 is 6.18 Å². The highest BCUT2D eigenvalue weighted by molar-refractivity contribution is 9.10. The summed E-state index contributed by atoms with van der Waals surface area (Å²) in [6.45, 7) is 1.72. The number of benzene rings is 2. The lowest BCUT2D eigenvalue weighted by Crippen LogP contribution is -2.32. The summed E-state index contributed by atoms with van der Waals surface area (Å²) >= 11 is 9.37. The van der Waals surface area contributed by atoms with Gasteiger partial charge in [-0.05, 0) is 30.7 Å². The third kappa shape index (κ3) is 5.10. The van der Waals surface area contributed by atoms with Crippen molar-refractivity contribution in [2.75, 3.05) is 16.5 Å². The summed E-state index contributed by atoms with van der Waals surface area (Å²) in [5, 5.41) is 7.19. The summed E-state index contributed by atoms with van der Waals surface area (Å²) in [5.41, 5.74) is 9.29. The zero-order chi connectivity index (χ0) is 25.4. The van der Waals surface area contributed by atoms with Crippen LogP contribution < -0.4 is 16.5 Å². The number of nitrogen functional groups attached to an aromatic ring is 1. The first-order chi connectivity index (χ1) is 16.5. The van der Waals surface area contributed by atoms with Gasteiger partial charge in [-0.1, -0.05) is 57.9 Å². The summed E-state index contributed by atoms with van der Waals surface area (Å²) in [4.78, 5) is 21.4. The van der Waals surface area contributed by atoms with Gasteiger partial charge in [0.25, 0.3) is 0 Å². The molecule has 7 nitrogen and oxygen atoms in total. The molecule has 1 atom stereocenters. The van der Waals surface area contributed by atoms with E-state index in [0.29, 0.717) is 26.2 Å². The molecule has 35 heavy (non-hydrogen) atoms. The maximum Gasteiger partial charge on any atom is 0.389 e. The summed E-state index contributed by atoms with van der Waals surface area (Å²) in [5.74, 6) is -0.166. The first-order valence-corrected chi connectivity index (χ1v) is 11.6. The maximum absolute atomic E-state index is 12.9. The molecular weight excluding hydrogens is 549 g/mol. The predicted molar refractivity (Wildman–Crippen MR) is 133 cm³/mol. The summed E-state index contributed by atoms with van der Waals surface area (Å²) in [6.07, 6.45) is -5.89. The van der Waals surface area contributed by atoms with Crippen molar-refractivity contribution in [3.63, 3.8) is 0 Å². The van der Waals surface area contributed by atoms with Gasteiger partial charge in [0.15, 0.2) is 0 Å². The standard InChI is InChI=1S/C23H19BrClF3N6O/c1-22(12-5-3-2-4-6-12)17-18(29)30-21(32-19(17)31-20(22)35)34-33-16(9-10-23(26,27)28)14-11-13(25)7-8-15(14)24/h2-8,11H,9-10H2,1H3,(H4,29,30,31,32,34,35). The fourth-order valence-corrected chi connectivity index (χ4v) is 4.50. The first kappa shape index (κ1) is 24.9. The van der Waals surface area contributed by atoms with Crippen molar-refractivity contribution in [3.8, 4) is 0 Å². The SMILES string of the molecule is CC1(c2ccccc2)C(=O)Nc2nc(NN=C(CCC(F)(F)F)c3cc(Cl)ccc3Br)nc(N)c21. The molecule has 0 spiro atoms. The van der Waals surface area contributed by atoms with Crippen molar-refractivity contribution in [2.24, 2.45) is 5.10 Å². The van der Waals surface area contributed by atoms with Gasteiger partial charge in [0.2, 0.25) is 11.9 Å². The molecule has 0 fully saturated rings. The van der Waals surface area contributed by atoms with Crippen molar-refractivity contribution in [1.29, 1.82) is 0 Å². The van der Waals surface area contributed by atoms with Gasteiger partial charge in [-0.3, -0.25) is 4.79 Å². The van der Waals surface area contributed by atoms with Crippen LogP contribution in [0.3, 0.4) is 0 Å². The third-order valence-electron chi connectivity index (χ3n) is 5.65. The molecular formula is C23H19BrClF3N6O. The second-order valence-corrected chi connectivity index (χ2v) is 9.30. The van der Waals surface area contributed by atoms with E-state index in [0.717, 1.165) is 0 Å². The number of hydrazone groups is 1. The monoisotopic (exact) mass is 566 g/mol. The molecule has 4 rings (SSSR count). The number of rotatable bonds is 6. The topological polar surface area (TPSA) is 105 Å². The number of nitrogens with zero attached hydrogens (tertiary/aromatic N) is 3. The zero-order valence-electron chi connectivity index (χ0n) is 18.3. The fourth-order valence-electron chi connectivity index (χ4n) is 3.85. The number of halogens is 5. The van der Waals surface area contributed by atoms with Gasteiger partial charge in [-0.15, -0.1) is 0 Å². The van der Waals surface area contributed by atoms with Crippen LogP contribution in [0, 0.1) is 0 Å². The molecule has 1 aliphatic rings. The number of hydrogen-bond donors (Lipinski definition) is 3. The Balaban J connectivity index is 1.70. The molecule has 1 amide bonds. The van der Waals surface area contributed by atoms with Crippen LogP contribution >= 0.6 is 27.5 Å². The number of carbonyl (C=O) groups is 1. The lowest BCUT2D eigenvalue weighted by molar-refractivity contribution is -0.132. The molecule has 0 bridgehead atoms. The molecule has 1 aliphatic heterocycles. The van der Waals surface area contributed by atoms with Gasteiger partial charge in [0.05, 0.1) is 11.3 Å². The van der Waals surface area contributed by atoms with Crippen LogP contribution in [0.2, 0.25) is 5.02 Å². The second kappa shape index (κ2) is 9.46. The Bertz CT molecular complexity index is 1320. The normalized spacial score (nSPS) is 17.8. The number of nitrogens with two attached hydrogens (primary N) is 1. The van der Waals surface area contributed by atoms with Crippen LogP contribution in [-0.4, -0.2) is 27.8 Å². The molecule has 4 N–H and O–H groups in total. The highest BCUT2D eigenvalue weighted by atomic mass is 79.9. The average molecular weight is 568 g/mol. The van der Waals surface area contributed by atoms with E-state index in [9.17, 15) is 18.0 Å². The number of fused-ring (bicyclic) bond motifs is 1. The van der Waals surface area contributed by atoms with Crippen LogP contribution in [0.25, 0.3) is 0 Å². The van der Waals surface area contributed by atoms with Crippen LogP contribution in [0.15, 0.2) is 58.1 Å². The number of amides is 1. The first-order valence-electron chi connectivity index (χ1n) is 10.4. The molecule has 2 heterocycles. The molecule has 0 aliphatic carbocycles. The Hall–Kier alpha value is -3.18. The Kier molecular flexibility index (Phi) is 6.74. The predicted octanol–water partition coefficient (Wildman–Crippen LogP) is 5.89. The van der Waals surface area contributed by atoms with E-state index in [1.165, 1.54) is 6.07 Å². The van der Waals surface area contributed by atoms with E-state index in [-0.39, 0.29) is 29.2 Å². The van der Waals surface area contributed by atoms with Crippen molar-refractivity contribution < 1.29 is 18.0 Å². The van der Waals surface area contributed by atoms with Gasteiger partial charge in [0, 0.05) is 27.9 Å². The van der Waals surface area contributed by atoms with Crippen LogP contribution in [0.4, 0.5) is 30.8 Å². The maximum atomic E-state index is 12.9. The Morgan fingerprint density at radius 1 is 1.23 bits per heavy atom. The van der Waals surface area contributed by atoms with Crippen molar-refractivity contribution in [3.05, 3.63) is 74.7 Å². The summed E-state index contributed by atoms with van der Waals surface area (Å²) in [7, 11) is 0. The number of nitrogens with one attached hydrogen (secondary N) is 2. The van der Waals surface area contributed by atoms with E-state index in [2.05, 4.69) is 41.7 Å². The van der Waals surface area contributed by atoms with Crippen molar-refractivity contribution in [1.82, 2.24) is 9.97 Å². The van der Waals surface area contributed by atoms with E-state index >= 15 is 0 Å². The molecule has 12 heteroatoms.